The van der Waals surface area contributed by atoms with Gasteiger partial charge >= 0.3 is 0 Å². The molecular weight excluding hydrogens is 230 g/mol. The van der Waals surface area contributed by atoms with Crippen molar-refractivity contribution >= 4 is 0 Å². The first-order chi connectivity index (χ1) is 8.33. The second-order valence-electron chi connectivity index (χ2n) is 5.37. The fraction of sp³-hybridized carbons (Fsp3) is 0.571. The van der Waals surface area contributed by atoms with Crippen molar-refractivity contribution in [2.24, 2.45) is 5.73 Å². The Kier molecular flexibility index (Phi) is 5.14. The largest absolute Gasteiger partial charge is 0.488 e. The molecule has 0 aromatic heterocycles. The number of benzene rings is 1. The maximum absolute atomic E-state index is 9.90. The van der Waals surface area contributed by atoms with E-state index in [-0.39, 0.29) is 5.60 Å². The average molecular weight is 253 g/mol. The van der Waals surface area contributed by atoms with Gasteiger partial charge in [-0.05, 0) is 51.4 Å². The molecule has 4 heteroatoms. The summed E-state index contributed by atoms with van der Waals surface area (Å²) in [7, 11) is 0. The fourth-order valence-corrected chi connectivity index (χ4v) is 1.64. The van der Waals surface area contributed by atoms with Crippen molar-refractivity contribution < 1.29 is 14.9 Å². The minimum absolute atomic E-state index is 0.251. The molecule has 1 rings (SSSR count). The first-order valence-corrected chi connectivity index (χ1v) is 6.18. The number of aliphatic hydroxyl groups excluding tert-OH is 2. The van der Waals surface area contributed by atoms with Crippen LogP contribution >= 0.6 is 0 Å². The highest BCUT2D eigenvalue weighted by Crippen LogP contribution is 2.23. The van der Waals surface area contributed by atoms with Gasteiger partial charge in [0, 0.05) is 0 Å². The van der Waals surface area contributed by atoms with Gasteiger partial charge in [-0.25, -0.2) is 0 Å². The van der Waals surface area contributed by atoms with Crippen molar-refractivity contribution in [3.8, 4) is 5.75 Å². The molecule has 0 amide bonds. The first kappa shape index (κ1) is 15.0. The summed E-state index contributed by atoms with van der Waals surface area (Å²) in [6.45, 7) is 6.27. The minimum Gasteiger partial charge on any atom is -0.488 e. The zero-order valence-corrected chi connectivity index (χ0v) is 11.3. The van der Waals surface area contributed by atoms with Gasteiger partial charge in [-0.3, -0.25) is 0 Å². The van der Waals surface area contributed by atoms with Gasteiger partial charge in [-0.2, -0.15) is 0 Å². The van der Waals surface area contributed by atoms with Gasteiger partial charge in [0.05, 0.1) is 6.10 Å². The van der Waals surface area contributed by atoms with E-state index in [1.807, 2.05) is 20.8 Å². The summed E-state index contributed by atoms with van der Waals surface area (Å²) in [5, 5.41) is 19.6. The summed E-state index contributed by atoms with van der Waals surface area (Å²) in [6.07, 6.45) is -1.36. The number of rotatable bonds is 5. The molecule has 102 valence electrons. The highest BCUT2D eigenvalue weighted by Gasteiger charge is 2.18. The number of hydrogen-bond acceptors (Lipinski definition) is 4. The van der Waals surface area contributed by atoms with Crippen molar-refractivity contribution in [2.45, 2.75) is 45.0 Å². The lowest BCUT2D eigenvalue weighted by Gasteiger charge is -2.22. The van der Waals surface area contributed by atoms with E-state index in [4.69, 9.17) is 10.5 Å². The van der Waals surface area contributed by atoms with Gasteiger partial charge in [0.15, 0.2) is 0 Å². The van der Waals surface area contributed by atoms with Crippen LogP contribution in [0.5, 0.6) is 5.75 Å². The summed E-state index contributed by atoms with van der Waals surface area (Å²) in [6, 6.07) is 7.09. The molecule has 0 saturated carbocycles. The zero-order valence-electron chi connectivity index (χ0n) is 11.3. The molecule has 0 spiro atoms. The molecule has 0 fully saturated rings. The average Bonchev–Trinajstić information content (AvgIpc) is 2.27. The summed E-state index contributed by atoms with van der Waals surface area (Å²) in [4.78, 5) is 0. The standard InChI is InChI=1S/C14H23NO3/c1-14(2,3)18-11-6-4-10(5-7-11)13(17)12(16)8-9-15/h4-7,12-13,16-17H,8-9,15H2,1-3H3. The van der Waals surface area contributed by atoms with Crippen LogP contribution in [0, 0.1) is 0 Å². The molecule has 2 atom stereocenters. The second-order valence-corrected chi connectivity index (χ2v) is 5.37. The Bertz CT molecular complexity index is 356. The predicted molar refractivity (Wildman–Crippen MR) is 71.5 cm³/mol. The molecule has 0 aliphatic heterocycles. The van der Waals surface area contributed by atoms with Crippen LogP contribution in [0.1, 0.15) is 38.9 Å². The van der Waals surface area contributed by atoms with E-state index in [9.17, 15) is 10.2 Å². The van der Waals surface area contributed by atoms with Crippen LogP contribution in [0.2, 0.25) is 0 Å². The van der Waals surface area contributed by atoms with Crippen molar-refractivity contribution in [3.63, 3.8) is 0 Å². The molecule has 0 aliphatic carbocycles. The van der Waals surface area contributed by atoms with E-state index in [1.54, 1.807) is 24.3 Å². The second kappa shape index (κ2) is 6.18. The van der Waals surface area contributed by atoms with Crippen molar-refractivity contribution in [1.29, 1.82) is 0 Å². The Morgan fingerprint density at radius 2 is 1.72 bits per heavy atom. The van der Waals surface area contributed by atoms with E-state index < -0.39 is 12.2 Å². The van der Waals surface area contributed by atoms with Gasteiger partial charge in [0.1, 0.15) is 17.5 Å². The topological polar surface area (TPSA) is 75.7 Å². The Hall–Kier alpha value is -1.10. The summed E-state index contributed by atoms with van der Waals surface area (Å²) >= 11 is 0. The molecule has 0 heterocycles. The van der Waals surface area contributed by atoms with Crippen LogP contribution in [0.3, 0.4) is 0 Å². The van der Waals surface area contributed by atoms with E-state index in [0.717, 1.165) is 5.75 Å². The lowest BCUT2D eigenvalue weighted by Crippen LogP contribution is -2.23. The van der Waals surface area contributed by atoms with Crippen LogP contribution in [0.25, 0.3) is 0 Å². The van der Waals surface area contributed by atoms with Gasteiger partial charge in [-0.15, -0.1) is 0 Å². The van der Waals surface area contributed by atoms with Crippen LogP contribution < -0.4 is 10.5 Å². The normalized spacial score (nSPS) is 15.2. The van der Waals surface area contributed by atoms with E-state index in [1.165, 1.54) is 0 Å². The SMILES string of the molecule is CC(C)(C)Oc1ccc(C(O)C(O)CCN)cc1. The van der Waals surface area contributed by atoms with E-state index in [0.29, 0.717) is 18.5 Å². The Morgan fingerprint density at radius 3 is 2.17 bits per heavy atom. The fourth-order valence-electron chi connectivity index (χ4n) is 1.64. The molecule has 4 nitrogen and oxygen atoms in total. The van der Waals surface area contributed by atoms with E-state index >= 15 is 0 Å². The third-order valence-corrected chi connectivity index (χ3v) is 2.47. The monoisotopic (exact) mass is 253 g/mol. The smallest absolute Gasteiger partial charge is 0.120 e. The highest BCUT2D eigenvalue weighted by atomic mass is 16.5. The summed E-state index contributed by atoms with van der Waals surface area (Å²) < 4.78 is 5.68. The maximum Gasteiger partial charge on any atom is 0.120 e. The lowest BCUT2D eigenvalue weighted by molar-refractivity contribution is 0.0149. The third-order valence-electron chi connectivity index (χ3n) is 2.47. The first-order valence-electron chi connectivity index (χ1n) is 6.18. The van der Waals surface area contributed by atoms with Gasteiger partial charge < -0.3 is 20.7 Å². The van der Waals surface area contributed by atoms with Crippen LogP contribution in [-0.4, -0.2) is 28.5 Å². The van der Waals surface area contributed by atoms with Crippen LogP contribution in [0.4, 0.5) is 0 Å². The number of nitrogens with two attached hydrogens (primary N) is 1. The zero-order chi connectivity index (χ0) is 13.8. The highest BCUT2D eigenvalue weighted by molar-refractivity contribution is 5.29. The molecule has 0 radical (unpaired) electrons. The van der Waals surface area contributed by atoms with Gasteiger partial charge in [-0.1, -0.05) is 12.1 Å². The van der Waals surface area contributed by atoms with Crippen molar-refractivity contribution in [3.05, 3.63) is 29.8 Å². The number of ether oxygens (including phenoxy) is 1. The minimum atomic E-state index is -0.905. The molecule has 4 N–H and O–H groups in total. The number of hydrogen-bond donors (Lipinski definition) is 3. The molecule has 1 aromatic carbocycles. The Labute approximate surface area is 108 Å². The molecule has 18 heavy (non-hydrogen) atoms. The Balaban J connectivity index is 2.70. The summed E-state index contributed by atoms with van der Waals surface area (Å²) in [5.74, 6) is 0.742. The van der Waals surface area contributed by atoms with Crippen LogP contribution in [0.15, 0.2) is 24.3 Å². The van der Waals surface area contributed by atoms with Gasteiger partial charge in [0.25, 0.3) is 0 Å². The van der Waals surface area contributed by atoms with Crippen molar-refractivity contribution in [2.75, 3.05) is 6.54 Å². The molecule has 1 aromatic rings. The molecule has 2 unspecified atom stereocenters. The lowest BCUT2D eigenvalue weighted by atomic mass is 10.0. The molecule has 0 bridgehead atoms. The Morgan fingerprint density at radius 1 is 1.17 bits per heavy atom. The van der Waals surface area contributed by atoms with Gasteiger partial charge in [0.2, 0.25) is 0 Å². The maximum atomic E-state index is 9.90. The van der Waals surface area contributed by atoms with E-state index in [2.05, 4.69) is 0 Å². The molecule has 0 saturated heterocycles. The van der Waals surface area contributed by atoms with Crippen LogP contribution in [-0.2, 0) is 0 Å². The molecule has 0 aliphatic rings. The number of aliphatic hydroxyl groups is 2. The quantitative estimate of drug-likeness (QED) is 0.745. The predicted octanol–water partition coefficient (Wildman–Crippen LogP) is 1.61. The third kappa shape index (κ3) is 4.64. The molecular formula is C14H23NO3. The van der Waals surface area contributed by atoms with Crippen molar-refractivity contribution in [1.82, 2.24) is 0 Å². The summed E-state index contributed by atoms with van der Waals surface area (Å²) in [5.41, 5.74) is 5.76.